The Morgan fingerprint density at radius 2 is 1.04 bits per heavy atom. The molecule has 3 aromatic carbocycles. The van der Waals surface area contributed by atoms with Gasteiger partial charge in [0.15, 0.2) is 0 Å². The van der Waals surface area contributed by atoms with Gasteiger partial charge in [-0.05, 0) is 24.3 Å². The maximum absolute atomic E-state index is 8.62. The normalized spacial score (nSPS) is 10.2. The molecule has 0 amide bonds. The van der Waals surface area contributed by atoms with Gasteiger partial charge in [-0.25, -0.2) is 0 Å². The van der Waals surface area contributed by atoms with E-state index < -0.39 is 0 Å². The summed E-state index contributed by atoms with van der Waals surface area (Å²) in [6.45, 7) is 0. The molecule has 0 saturated carbocycles. The summed E-state index contributed by atoms with van der Waals surface area (Å²) in [7, 11) is 0. The molecule has 0 aromatic heterocycles. The van der Waals surface area contributed by atoms with Crippen LogP contribution in [-0.4, -0.2) is 11.7 Å². The van der Waals surface area contributed by atoms with Gasteiger partial charge in [-0.1, -0.05) is 60.7 Å². The van der Waals surface area contributed by atoms with Crippen LogP contribution in [0.3, 0.4) is 0 Å². The Balaban J connectivity index is 2.05. The van der Waals surface area contributed by atoms with E-state index in [0.717, 1.165) is 21.7 Å². The zero-order valence-corrected chi connectivity index (χ0v) is 13.9. The Morgan fingerprint density at radius 3 is 1.46 bits per heavy atom. The largest absolute Gasteiger partial charge is 0.284 e. The van der Waals surface area contributed by atoms with Gasteiger partial charge < -0.3 is 0 Å². The zero-order chi connectivity index (χ0) is 16.9. The lowest BCUT2D eigenvalue weighted by Crippen LogP contribution is -2.37. The Morgan fingerprint density at radius 1 is 0.625 bits per heavy atom. The zero-order valence-electron chi connectivity index (χ0n) is 13.0. The van der Waals surface area contributed by atoms with E-state index >= 15 is 0 Å². The number of nitrogens with one attached hydrogen (secondary N) is 2. The molecule has 0 saturated heterocycles. The van der Waals surface area contributed by atoms with E-state index in [1.54, 1.807) is 4.90 Å². The van der Waals surface area contributed by atoms with Crippen molar-refractivity contribution in [2.45, 2.75) is 4.90 Å². The summed E-state index contributed by atoms with van der Waals surface area (Å²) < 4.78 is 0. The van der Waals surface area contributed by atoms with E-state index in [4.69, 9.17) is 10.8 Å². The van der Waals surface area contributed by atoms with Gasteiger partial charge in [0.2, 0.25) is 0 Å². The molecule has 3 aromatic rings. The van der Waals surface area contributed by atoms with Crippen LogP contribution in [0.2, 0.25) is 0 Å². The van der Waals surface area contributed by atoms with Gasteiger partial charge in [-0.3, -0.25) is 15.7 Å². The second-order valence-electron chi connectivity index (χ2n) is 5.28. The lowest BCUT2D eigenvalue weighted by Gasteiger charge is -2.26. The van der Waals surface area contributed by atoms with Gasteiger partial charge in [0.05, 0.1) is 0 Å². The highest BCUT2D eigenvalue weighted by atomic mass is 32.1. The van der Waals surface area contributed by atoms with Crippen LogP contribution in [0.4, 0.5) is 5.69 Å². The summed E-state index contributed by atoms with van der Waals surface area (Å²) >= 11 is 4.32. The van der Waals surface area contributed by atoms with Gasteiger partial charge in [0, 0.05) is 21.7 Å². The van der Waals surface area contributed by atoms with E-state index in [9.17, 15) is 0 Å². The van der Waals surface area contributed by atoms with E-state index in [0.29, 0.717) is 0 Å². The van der Waals surface area contributed by atoms with Crippen LogP contribution in [0.1, 0.15) is 11.1 Å². The first-order valence-electron chi connectivity index (χ1n) is 7.54. The molecule has 0 aliphatic rings. The van der Waals surface area contributed by atoms with Crippen LogP contribution in [0.5, 0.6) is 0 Å². The molecule has 0 bridgehead atoms. The summed E-state index contributed by atoms with van der Waals surface area (Å²) in [6.07, 6.45) is 0. The number of hydrogen-bond donors (Lipinski definition) is 3. The number of benzene rings is 3. The summed E-state index contributed by atoms with van der Waals surface area (Å²) in [5.74, 6) is 0.521. The van der Waals surface area contributed by atoms with Crippen molar-refractivity contribution in [1.82, 2.24) is 0 Å². The van der Waals surface area contributed by atoms with Crippen LogP contribution in [0.25, 0.3) is 0 Å². The highest BCUT2D eigenvalue weighted by molar-refractivity contribution is 7.80. The maximum Gasteiger partial charge on any atom is 0.138 e. The van der Waals surface area contributed by atoms with Crippen molar-refractivity contribution < 1.29 is 0 Å². The van der Waals surface area contributed by atoms with Crippen LogP contribution in [-0.2, 0) is 0 Å². The van der Waals surface area contributed by atoms with Crippen LogP contribution < -0.4 is 4.90 Å². The minimum atomic E-state index is 0.261. The lowest BCUT2D eigenvalue weighted by molar-refractivity contribution is 1.27. The van der Waals surface area contributed by atoms with Gasteiger partial charge in [-0.2, -0.15) is 0 Å². The van der Waals surface area contributed by atoms with Gasteiger partial charge >= 0.3 is 0 Å². The predicted molar refractivity (Wildman–Crippen MR) is 103 cm³/mol. The molecule has 0 aliphatic carbocycles. The summed E-state index contributed by atoms with van der Waals surface area (Å²) in [5, 5.41) is 17.2. The molecular weight excluding hydrogens is 314 g/mol. The third-order valence-corrected chi connectivity index (χ3v) is 3.95. The second-order valence-corrected chi connectivity index (χ2v) is 5.80. The molecule has 118 valence electrons. The minimum absolute atomic E-state index is 0.261. The van der Waals surface area contributed by atoms with E-state index in [-0.39, 0.29) is 11.7 Å². The number of hydrogen-bond acceptors (Lipinski definition) is 3. The van der Waals surface area contributed by atoms with Crippen molar-refractivity contribution in [1.29, 1.82) is 10.8 Å². The summed E-state index contributed by atoms with van der Waals surface area (Å²) in [6, 6.07) is 26.4. The maximum atomic E-state index is 8.62. The van der Waals surface area contributed by atoms with Crippen LogP contribution in [0.15, 0.2) is 89.8 Å². The molecule has 0 fully saturated rings. The van der Waals surface area contributed by atoms with E-state index in [1.165, 1.54) is 0 Å². The molecule has 0 atom stereocenters. The molecule has 4 heteroatoms. The van der Waals surface area contributed by atoms with Crippen molar-refractivity contribution in [3.05, 3.63) is 96.1 Å². The topological polar surface area (TPSA) is 50.9 Å². The third-order valence-electron chi connectivity index (χ3n) is 3.65. The average molecular weight is 331 g/mol. The van der Waals surface area contributed by atoms with Gasteiger partial charge in [-0.15, -0.1) is 12.6 Å². The van der Waals surface area contributed by atoms with Gasteiger partial charge in [0.25, 0.3) is 0 Å². The minimum Gasteiger partial charge on any atom is -0.284 e. The summed E-state index contributed by atoms with van der Waals surface area (Å²) in [4.78, 5) is 2.48. The molecule has 24 heavy (non-hydrogen) atoms. The predicted octanol–water partition coefficient (Wildman–Crippen LogP) is 4.83. The molecule has 3 rings (SSSR count). The number of nitrogens with zero attached hydrogens (tertiary/aromatic N) is 1. The molecule has 2 N–H and O–H groups in total. The lowest BCUT2D eigenvalue weighted by atomic mass is 10.1. The Kier molecular flexibility index (Phi) is 4.77. The fourth-order valence-corrected chi connectivity index (χ4v) is 2.57. The molecule has 3 nitrogen and oxygen atoms in total. The number of anilines is 1. The Labute approximate surface area is 147 Å². The number of amidine groups is 2. The Hall–Kier alpha value is -2.85. The molecule has 0 heterocycles. The third kappa shape index (κ3) is 3.39. The van der Waals surface area contributed by atoms with E-state index in [1.807, 2.05) is 84.9 Å². The first-order chi connectivity index (χ1) is 11.7. The number of rotatable bonds is 3. The first-order valence-corrected chi connectivity index (χ1v) is 7.98. The SMILES string of the molecule is N=C(c1ccccc1)N(C(=N)c1ccccc1)c1ccc(S)cc1. The Bertz CT molecular complexity index is 792. The van der Waals surface area contributed by atoms with Crippen molar-refractivity contribution >= 4 is 30.0 Å². The quantitative estimate of drug-likeness (QED) is 0.359. The summed E-state index contributed by atoms with van der Waals surface area (Å²) in [5.41, 5.74) is 2.27. The smallest absolute Gasteiger partial charge is 0.138 e. The molecule has 0 unspecified atom stereocenters. The molecule has 0 spiro atoms. The highest BCUT2D eigenvalue weighted by Crippen LogP contribution is 2.22. The van der Waals surface area contributed by atoms with Crippen molar-refractivity contribution in [3.8, 4) is 0 Å². The highest BCUT2D eigenvalue weighted by Gasteiger charge is 2.20. The van der Waals surface area contributed by atoms with E-state index in [2.05, 4.69) is 12.6 Å². The monoisotopic (exact) mass is 331 g/mol. The fourth-order valence-electron chi connectivity index (χ4n) is 2.42. The van der Waals surface area contributed by atoms with Crippen molar-refractivity contribution in [3.63, 3.8) is 0 Å². The molecule has 0 aliphatic heterocycles. The molecular formula is C20H17N3S. The van der Waals surface area contributed by atoms with Crippen molar-refractivity contribution in [2.75, 3.05) is 4.90 Å². The number of thiol groups is 1. The second kappa shape index (κ2) is 7.15. The standard InChI is InChI=1S/C20H17N3S/c21-19(15-7-3-1-4-8-15)23(17-11-13-18(24)14-12-17)20(22)16-9-5-2-6-10-16/h1-14,21-22,24H. The van der Waals surface area contributed by atoms with Crippen LogP contribution in [0, 0.1) is 10.8 Å². The first kappa shape index (κ1) is 16.0. The average Bonchev–Trinajstić information content (AvgIpc) is 2.64. The molecule has 0 radical (unpaired) electrons. The van der Waals surface area contributed by atoms with Crippen LogP contribution >= 0.6 is 12.6 Å². The van der Waals surface area contributed by atoms with Gasteiger partial charge in [0.1, 0.15) is 11.7 Å². The fraction of sp³-hybridized carbons (Fsp3) is 0. The van der Waals surface area contributed by atoms with Crippen molar-refractivity contribution in [2.24, 2.45) is 0 Å².